The Morgan fingerprint density at radius 3 is 2.35 bits per heavy atom. The molecule has 0 saturated heterocycles. The number of rotatable bonds is 7. The molecule has 0 heterocycles. The van der Waals surface area contributed by atoms with Crippen LogP contribution >= 0.6 is 0 Å². The van der Waals surface area contributed by atoms with Crippen molar-refractivity contribution in [3.63, 3.8) is 0 Å². The van der Waals surface area contributed by atoms with Gasteiger partial charge in [0.25, 0.3) is 0 Å². The van der Waals surface area contributed by atoms with Crippen LogP contribution in [0.1, 0.15) is 33.1 Å². The Balaban J connectivity index is 2.58. The number of nitrogens with zero attached hydrogens (tertiary/aromatic N) is 1. The average Bonchev–Trinajstić information content (AvgIpc) is 2.44. The largest absolute Gasteiger partial charge is 0.497 e. The van der Waals surface area contributed by atoms with Gasteiger partial charge in [0.05, 0.1) is 7.11 Å². The van der Waals surface area contributed by atoms with Crippen molar-refractivity contribution >= 4 is 11.6 Å². The molecule has 112 valence electrons. The number of benzene rings is 1. The molecule has 0 atom stereocenters. The monoisotopic (exact) mass is 278 g/mol. The summed E-state index contributed by atoms with van der Waals surface area (Å²) in [6.07, 6.45) is 2.32. The summed E-state index contributed by atoms with van der Waals surface area (Å²) in [5.74, 6) is 0.916. The van der Waals surface area contributed by atoms with Gasteiger partial charge in [-0.2, -0.15) is 0 Å². The highest BCUT2D eigenvalue weighted by Crippen LogP contribution is 2.27. The van der Waals surface area contributed by atoms with Gasteiger partial charge in [-0.25, -0.2) is 0 Å². The highest BCUT2D eigenvalue weighted by molar-refractivity contribution is 5.92. The predicted octanol–water partition coefficient (Wildman–Crippen LogP) is 2.81. The van der Waals surface area contributed by atoms with Crippen molar-refractivity contribution in [2.24, 2.45) is 11.1 Å². The van der Waals surface area contributed by atoms with E-state index in [1.807, 2.05) is 24.3 Å². The molecule has 4 nitrogen and oxygen atoms in total. The Labute approximate surface area is 121 Å². The fourth-order valence-corrected chi connectivity index (χ4v) is 2.08. The molecule has 0 aliphatic heterocycles. The van der Waals surface area contributed by atoms with Crippen LogP contribution in [0.5, 0.6) is 5.75 Å². The van der Waals surface area contributed by atoms with Gasteiger partial charge >= 0.3 is 0 Å². The van der Waals surface area contributed by atoms with E-state index in [4.69, 9.17) is 10.5 Å². The summed E-state index contributed by atoms with van der Waals surface area (Å²) in [4.78, 5) is 13.9. The number of anilines is 1. The number of ether oxygens (including phenoxy) is 1. The Hall–Kier alpha value is -1.55. The maximum atomic E-state index is 12.2. The Bertz CT molecular complexity index is 427. The van der Waals surface area contributed by atoms with Gasteiger partial charge in [-0.05, 0) is 49.1 Å². The molecule has 0 fully saturated rings. The second-order valence-corrected chi connectivity index (χ2v) is 5.85. The summed E-state index contributed by atoms with van der Waals surface area (Å²) >= 11 is 0. The van der Waals surface area contributed by atoms with Gasteiger partial charge in [-0.1, -0.05) is 13.8 Å². The molecule has 0 saturated carbocycles. The van der Waals surface area contributed by atoms with Gasteiger partial charge in [0.2, 0.25) is 5.91 Å². The van der Waals surface area contributed by atoms with E-state index in [1.54, 1.807) is 19.1 Å². The third-order valence-electron chi connectivity index (χ3n) is 3.67. The van der Waals surface area contributed by atoms with Crippen molar-refractivity contribution in [3.05, 3.63) is 24.3 Å². The molecule has 0 aliphatic rings. The van der Waals surface area contributed by atoms with Crippen LogP contribution in [0.4, 0.5) is 5.69 Å². The molecule has 0 aromatic heterocycles. The van der Waals surface area contributed by atoms with Crippen molar-refractivity contribution in [1.82, 2.24) is 0 Å². The van der Waals surface area contributed by atoms with Crippen molar-refractivity contribution in [3.8, 4) is 5.75 Å². The fraction of sp³-hybridized carbons (Fsp3) is 0.562. The van der Waals surface area contributed by atoms with E-state index in [-0.39, 0.29) is 11.3 Å². The zero-order chi connectivity index (χ0) is 15.2. The second-order valence-electron chi connectivity index (χ2n) is 5.85. The zero-order valence-electron chi connectivity index (χ0n) is 13.0. The van der Waals surface area contributed by atoms with Crippen molar-refractivity contribution < 1.29 is 9.53 Å². The van der Waals surface area contributed by atoms with Gasteiger partial charge in [-0.3, -0.25) is 4.79 Å². The van der Waals surface area contributed by atoms with Gasteiger partial charge in [0.1, 0.15) is 5.75 Å². The molecule has 0 spiro atoms. The average molecular weight is 278 g/mol. The van der Waals surface area contributed by atoms with E-state index in [1.165, 1.54) is 0 Å². The third kappa shape index (κ3) is 4.85. The first-order valence-corrected chi connectivity index (χ1v) is 7.00. The minimum absolute atomic E-state index is 0.116. The first-order chi connectivity index (χ1) is 9.39. The molecule has 1 aromatic carbocycles. The fourth-order valence-electron chi connectivity index (χ4n) is 2.08. The number of hydrogen-bond acceptors (Lipinski definition) is 3. The Morgan fingerprint density at radius 2 is 1.85 bits per heavy atom. The van der Waals surface area contributed by atoms with Crippen molar-refractivity contribution in [2.45, 2.75) is 33.1 Å². The SMILES string of the molecule is COc1ccc(N(C)C(=O)CCC(C)(C)CCN)cc1. The van der Waals surface area contributed by atoms with E-state index in [0.717, 1.165) is 24.3 Å². The number of hydrogen-bond donors (Lipinski definition) is 1. The number of nitrogens with two attached hydrogens (primary N) is 1. The summed E-state index contributed by atoms with van der Waals surface area (Å²) in [5, 5.41) is 0. The van der Waals surface area contributed by atoms with Gasteiger partial charge in [0.15, 0.2) is 0 Å². The molecule has 0 bridgehead atoms. The van der Waals surface area contributed by atoms with Crippen LogP contribution in [-0.2, 0) is 4.79 Å². The van der Waals surface area contributed by atoms with Crippen LogP contribution in [-0.4, -0.2) is 26.6 Å². The topological polar surface area (TPSA) is 55.6 Å². The number of amides is 1. The smallest absolute Gasteiger partial charge is 0.226 e. The van der Waals surface area contributed by atoms with Crippen molar-refractivity contribution in [2.75, 3.05) is 25.6 Å². The van der Waals surface area contributed by atoms with Gasteiger partial charge < -0.3 is 15.4 Å². The zero-order valence-corrected chi connectivity index (χ0v) is 13.0. The van der Waals surface area contributed by atoms with Crippen LogP contribution in [0.15, 0.2) is 24.3 Å². The lowest BCUT2D eigenvalue weighted by molar-refractivity contribution is -0.118. The van der Waals surface area contributed by atoms with Gasteiger partial charge in [0, 0.05) is 19.2 Å². The number of carbonyl (C=O) groups excluding carboxylic acids is 1. The highest BCUT2D eigenvalue weighted by Gasteiger charge is 2.20. The summed E-state index contributed by atoms with van der Waals surface area (Å²) < 4.78 is 5.11. The number of methoxy groups -OCH3 is 1. The standard InChI is InChI=1S/C16H26N2O2/c1-16(2,11-12-17)10-9-15(19)18(3)13-5-7-14(20-4)8-6-13/h5-8H,9-12,17H2,1-4H3. The highest BCUT2D eigenvalue weighted by atomic mass is 16.5. The van der Waals surface area contributed by atoms with Crippen LogP contribution in [0, 0.1) is 5.41 Å². The minimum atomic E-state index is 0.116. The summed E-state index contributed by atoms with van der Waals surface area (Å²) in [6, 6.07) is 7.50. The second kappa shape index (κ2) is 7.29. The number of carbonyl (C=O) groups is 1. The third-order valence-corrected chi connectivity index (χ3v) is 3.67. The molecular formula is C16H26N2O2. The predicted molar refractivity (Wildman–Crippen MR) is 83.1 cm³/mol. The molecule has 1 aromatic rings. The summed E-state index contributed by atoms with van der Waals surface area (Å²) in [7, 11) is 3.43. The van der Waals surface area contributed by atoms with Crippen LogP contribution in [0.3, 0.4) is 0 Å². The Kier molecular flexibility index (Phi) is 6.02. The molecule has 0 aliphatic carbocycles. The summed E-state index contributed by atoms with van der Waals surface area (Å²) in [6.45, 7) is 4.97. The lowest BCUT2D eigenvalue weighted by Gasteiger charge is -2.25. The summed E-state index contributed by atoms with van der Waals surface area (Å²) in [5.41, 5.74) is 6.59. The van der Waals surface area contributed by atoms with E-state index < -0.39 is 0 Å². The van der Waals surface area contributed by atoms with Crippen molar-refractivity contribution in [1.29, 1.82) is 0 Å². The van der Waals surface area contributed by atoms with E-state index in [0.29, 0.717) is 13.0 Å². The lowest BCUT2D eigenvalue weighted by atomic mass is 9.84. The van der Waals surface area contributed by atoms with E-state index >= 15 is 0 Å². The quantitative estimate of drug-likeness (QED) is 0.834. The normalized spacial score (nSPS) is 11.2. The van der Waals surface area contributed by atoms with Crippen LogP contribution < -0.4 is 15.4 Å². The molecule has 1 amide bonds. The first-order valence-electron chi connectivity index (χ1n) is 7.00. The molecular weight excluding hydrogens is 252 g/mol. The molecule has 0 radical (unpaired) electrons. The molecule has 2 N–H and O–H groups in total. The van der Waals surface area contributed by atoms with E-state index in [9.17, 15) is 4.79 Å². The maximum absolute atomic E-state index is 12.2. The molecule has 4 heteroatoms. The molecule has 20 heavy (non-hydrogen) atoms. The minimum Gasteiger partial charge on any atom is -0.497 e. The maximum Gasteiger partial charge on any atom is 0.226 e. The lowest BCUT2D eigenvalue weighted by Crippen LogP contribution is -2.28. The van der Waals surface area contributed by atoms with Crippen LogP contribution in [0.2, 0.25) is 0 Å². The van der Waals surface area contributed by atoms with E-state index in [2.05, 4.69) is 13.8 Å². The molecule has 0 unspecified atom stereocenters. The first kappa shape index (κ1) is 16.5. The molecule has 1 rings (SSSR count). The van der Waals surface area contributed by atoms with Gasteiger partial charge in [-0.15, -0.1) is 0 Å². The Morgan fingerprint density at radius 1 is 1.25 bits per heavy atom. The van der Waals surface area contributed by atoms with Crippen LogP contribution in [0.25, 0.3) is 0 Å².